The number of aromatic nitrogens is 1. The summed E-state index contributed by atoms with van der Waals surface area (Å²) < 4.78 is 0. The van der Waals surface area contributed by atoms with Crippen LogP contribution < -0.4 is 5.32 Å². The zero-order valence-electron chi connectivity index (χ0n) is 11.9. The van der Waals surface area contributed by atoms with E-state index in [1.54, 1.807) is 40.9 Å². The molecular weight excluding hydrogens is 316 g/mol. The normalized spacial score (nSPS) is 10.6. The zero-order chi connectivity index (χ0) is 15.5. The first-order chi connectivity index (χ1) is 10.6. The predicted octanol–water partition coefficient (Wildman–Crippen LogP) is 3.82. The highest BCUT2D eigenvalue weighted by Gasteiger charge is 2.11. The number of para-hydroxylation sites is 1. The van der Waals surface area contributed by atoms with Gasteiger partial charge in [0.15, 0.2) is 0 Å². The largest absolute Gasteiger partial charge is 0.507 e. The van der Waals surface area contributed by atoms with Crippen molar-refractivity contribution in [1.82, 2.24) is 10.3 Å². The molecule has 0 atom stereocenters. The Morgan fingerprint density at radius 3 is 2.82 bits per heavy atom. The highest BCUT2D eigenvalue weighted by Crippen LogP contribution is 2.29. The number of aryl methyl sites for hydroxylation is 1. The number of hydrogen-bond acceptors (Lipinski definition) is 5. The van der Waals surface area contributed by atoms with Crippen molar-refractivity contribution >= 4 is 28.6 Å². The molecule has 0 spiro atoms. The van der Waals surface area contributed by atoms with Crippen molar-refractivity contribution in [1.29, 1.82) is 0 Å². The smallest absolute Gasteiger partial charge is 0.255 e. The van der Waals surface area contributed by atoms with Gasteiger partial charge in [-0.1, -0.05) is 12.1 Å². The number of thiazole rings is 1. The van der Waals surface area contributed by atoms with Crippen molar-refractivity contribution in [2.45, 2.75) is 13.5 Å². The summed E-state index contributed by atoms with van der Waals surface area (Å²) in [6.45, 7) is 2.41. The molecule has 2 N–H and O–H groups in total. The first-order valence-corrected chi connectivity index (χ1v) is 8.40. The van der Waals surface area contributed by atoms with Crippen molar-refractivity contribution in [2.24, 2.45) is 0 Å². The SMILES string of the molecule is Cc1nc(-c2ccc(CNC(=O)c3ccccc3O)s2)cs1. The molecule has 0 saturated heterocycles. The Labute approximate surface area is 136 Å². The Kier molecular flexibility index (Phi) is 4.22. The number of carbonyl (C=O) groups excluding carboxylic acids is 1. The van der Waals surface area contributed by atoms with E-state index >= 15 is 0 Å². The van der Waals surface area contributed by atoms with E-state index in [1.165, 1.54) is 6.07 Å². The fraction of sp³-hybridized carbons (Fsp3) is 0.125. The molecule has 3 aromatic rings. The fourth-order valence-corrected chi connectivity index (χ4v) is 3.61. The molecule has 1 amide bonds. The number of nitrogens with one attached hydrogen (secondary N) is 1. The van der Waals surface area contributed by atoms with E-state index in [0.29, 0.717) is 6.54 Å². The second-order valence-electron chi connectivity index (χ2n) is 4.72. The van der Waals surface area contributed by atoms with Crippen LogP contribution >= 0.6 is 22.7 Å². The van der Waals surface area contributed by atoms with Crippen LogP contribution in [0.2, 0.25) is 0 Å². The molecule has 22 heavy (non-hydrogen) atoms. The van der Waals surface area contributed by atoms with Gasteiger partial charge < -0.3 is 10.4 Å². The van der Waals surface area contributed by atoms with Crippen LogP contribution in [0, 0.1) is 6.92 Å². The summed E-state index contributed by atoms with van der Waals surface area (Å²) in [5.41, 5.74) is 1.26. The van der Waals surface area contributed by atoms with Gasteiger partial charge in [0.1, 0.15) is 5.75 Å². The van der Waals surface area contributed by atoms with E-state index in [-0.39, 0.29) is 17.2 Å². The van der Waals surface area contributed by atoms with Crippen LogP contribution in [0.15, 0.2) is 41.8 Å². The van der Waals surface area contributed by atoms with Crippen LogP contribution in [0.4, 0.5) is 0 Å². The number of benzene rings is 1. The van der Waals surface area contributed by atoms with E-state index in [9.17, 15) is 9.90 Å². The Morgan fingerprint density at radius 1 is 1.27 bits per heavy atom. The molecule has 0 aliphatic rings. The highest BCUT2D eigenvalue weighted by atomic mass is 32.1. The van der Waals surface area contributed by atoms with Gasteiger partial charge in [-0.15, -0.1) is 22.7 Å². The molecular formula is C16H14N2O2S2. The van der Waals surface area contributed by atoms with Crippen LogP contribution in [0.1, 0.15) is 20.2 Å². The van der Waals surface area contributed by atoms with Crippen molar-refractivity contribution in [3.05, 3.63) is 57.2 Å². The molecule has 0 aliphatic carbocycles. The maximum atomic E-state index is 12.0. The van der Waals surface area contributed by atoms with Gasteiger partial charge in [0, 0.05) is 10.3 Å². The Morgan fingerprint density at radius 2 is 2.09 bits per heavy atom. The summed E-state index contributed by atoms with van der Waals surface area (Å²) in [5.74, 6) is -0.289. The Bertz CT molecular complexity index is 808. The molecule has 0 bridgehead atoms. The number of carbonyl (C=O) groups is 1. The van der Waals surface area contributed by atoms with E-state index < -0.39 is 0 Å². The van der Waals surface area contributed by atoms with E-state index in [0.717, 1.165) is 20.5 Å². The fourth-order valence-electron chi connectivity index (χ4n) is 2.02. The number of thiophene rings is 1. The van der Waals surface area contributed by atoms with Gasteiger partial charge in [0.25, 0.3) is 5.91 Å². The first-order valence-electron chi connectivity index (χ1n) is 6.71. The van der Waals surface area contributed by atoms with Crippen LogP contribution in [0.5, 0.6) is 5.75 Å². The van der Waals surface area contributed by atoms with E-state index in [1.807, 2.05) is 24.4 Å². The lowest BCUT2D eigenvalue weighted by molar-refractivity contribution is 0.0948. The second-order valence-corrected chi connectivity index (χ2v) is 6.95. The summed E-state index contributed by atoms with van der Waals surface area (Å²) in [5, 5.41) is 15.6. The van der Waals surface area contributed by atoms with Crippen LogP contribution in [0.3, 0.4) is 0 Å². The number of phenols is 1. The third-order valence-electron chi connectivity index (χ3n) is 3.10. The van der Waals surface area contributed by atoms with Gasteiger partial charge in [-0.25, -0.2) is 4.98 Å². The monoisotopic (exact) mass is 330 g/mol. The van der Waals surface area contributed by atoms with Crippen molar-refractivity contribution in [3.8, 4) is 16.3 Å². The van der Waals surface area contributed by atoms with Crippen molar-refractivity contribution in [2.75, 3.05) is 0 Å². The molecule has 6 heteroatoms. The topological polar surface area (TPSA) is 62.2 Å². The average Bonchev–Trinajstić information content (AvgIpc) is 3.14. The van der Waals surface area contributed by atoms with Gasteiger partial charge in [-0.3, -0.25) is 4.79 Å². The molecule has 0 saturated carbocycles. The Hall–Kier alpha value is -2.18. The molecule has 3 rings (SSSR count). The minimum Gasteiger partial charge on any atom is -0.507 e. The summed E-state index contributed by atoms with van der Waals surface area (Å²) in [6.07, 6.45) is 0. The summed E-state index contributed by atoms with van der Waals surface area (Å²) in [4.78, 5) is 18.6. The predicted molar refractivity (Wildman–Crippen MR) is 89.4 cm³/mol. The molecule has 0 aliphatic heterocycles. The van der Waals surface area contributed by atoms with Gasteiger partial charge >= 0.3 is 0 Å². The number of rotatable bonds is 4. The third kappa shape index (κ3) is 3.18. The quantitative estimate of drug-likeness (QED) is 0.764. The third-order valence-corrected chi connectivity index (χ3v) is 4.99. The lowest BCUT2D eigenvalue weighted by Crippen LogP contribution is -2.22. The minimum absolute atomic E-state index is 0.00943. The van der Waals surface area contributed by atoms with Gasteiger partial charge in [-0.05, 0) is 31.2 Å². The number of nitrogens with zero attached hydrogens (tertiary/aromatic N) is 1. The standard InChI is InChI=1S/C16H14N2O2S2/c1-10-18-13(9-21-10)15-7-6-11(22-15)8-17-16(20)12-4-2-3-5-14(12)19/h2-7,9,19H,8H2,1H3,(H,17,20). The number of hydrogen-bond donors (Lipinski definition) is 2. The maximum Gasteiger partial charge on any atom is 0.255 e. The number of aromatic hydroxyl groups is 1. The lowest BCUT2D eigenvalue weighted by atomic mass is 10.2. The van der Waals surface area contributed by atoms with E-state index in [2.05, 4.69) is 10.3 Å². The van der Waals surface area contributed by atoms with Crippen LogP contribution in [-0.4, -0.2) is 16.0 Å². The molecule has 0 fully saturated rings. The summed E-state index contributed by atoms with van der Waals surface area (Å²) in [7, 11) is 0. The number of amides is 1. The molecule has 1 aromatic carbocycles. The summed E-state index contributed by atoms with van der Waals surface area (Å²) in [6, 6.07) is 10.5. The average molecular weight is 330 g/mol. The first kappa shape index (κ1) is 14.7. The minimum atomic E-state index is -0.280. The summed E-state index contributed by atoms with van der Waals surface area (Å²) >= 11 is 3.23. The van der Waals surface area contributed by atoms with Crippen LogP contribution in [0.25, 0.3) is 10.6 Å². The second kappa shape index (κ2) is 6.29. The van der Waals surface area contributed by atoms with Crippen molar-refractivity contribution in [3.63, 3.8) is 0 Å². The van der Waals surface area contributed by atoms with E-state index in [4.69, 9.17) is 0 Å². The van der Waals surface area contributed by atoms with Gasteiger partial charge in [-0.2, -0.15) is 0 Å². The molecule has 2 aromatic heterocycles. The maximum absolute atomic E-state index is 12.0. The zero-order valence-corrected chi connectivity index (χ0v) is 13.5. The molecule has 2 heterocycles. The van der Waals surface area contributed by atoms with Gasteiger partial charge in [0.2, 0.25) is 0 Å². The van der Waals surface area contributed by atoms with Crippen LogP contribution in [-0.2, 0) is 6.54 Å². The molecule has 0 unspecified atom stereocenters. The molecule has 4 nitrogen and oxygen atoms in total. The van der Waals surface area contributed by atoms with Gasteiger partial charge in [0.05, 0.1) is 27.7 Å². The highest BCUT2D eigenvalue weighted by molar-refractivity contribution is 7.16. The lowest BCUT2D eigenvalue weighted by Gasteiger charge is -2.05. The number of phenolic OH excluding ortho intramolecular Hbond substituents is 1. The Balaban J connectivity index is 1.66. The van der Waals surface area contributed by atoms with Crippen molar-refractivity contribution < 1.29 is 9.90 Å². The molecule has 112 valence electrons. The molecule has 0 radical (unpaired) electrons.